The van der Waals surface area contributed by atoms with E-state index in [1.165, 1.54) is 4.90 Å². The van der Waals surface area contributed by atoms with Crippen molar-refractivity contribution in [3.8, 4) is 0 Å². The normalized spacial score (nSPS) is 20.6. The number of rotatable bonds is 5. The predicted molar refractivity (Wildman–Crippen MR) is 75.2 cm³/mol. The Bertz CT molecular complexity index is 463. The number of aliphatic carboxylic acids is 1. The van der Waals surface area contributed by atoms with Gasteiger partial charge in [0.05, 0.1) is 0 Å². The summed E-state index contributed by atoms with van der Waals surface area (Å²) in [5, 5.41) is 9.31. The highest BCUT2D eigenvalue weighted by atomic mass is 79.9. The van der Waals surface area contributed by atoms with Crippen molar-refractivity contribution in [2.75, 3.05) is 6.54 Å². The van der Waals surface area contributed by atoms with Gasteiger partial charge in [0.25, 0.3) is 0 Å². The van der Waals surface area contributed by atoms with E-state index >= 15 is 0 Å². The van der Waals surface area contributed by atoms with E-state index in [0.29, 0.717) is 25.8 Å². The fourth-order valence-corrected chi connectivity index (χ4v) is 2.94. The molecule has 102 valence electrons. The second-order valence-electron chi connectivity index (χ2n) is 4.73. The van der Waals surface area contributed by atoms with Gasteiger partial charge in [0.1, 0.15) is 6.04 Å². The van der Waals surface area contributed by atoms with E-state index in [4.69, 9.17) is 0 Å². The number of nitrogens with zero attached hydrogens (tertiary/aromatic N) is 1. The molecule has 1 aromatic rings. The summed E-state index contributed by atoms with van der Waals surface area (Å²) >= 11 is 3.38. The van der Waals surface area contributed by atoms with Crippen molar-refractivity contribution in [2.24, 2.45) is 0 Å². The lowest BCUT2D eigenvalue weighted by Gasteiger charge is -2.24. The third kappa shape index (κ3) is 3.56. The van der Waals surface area contributed by atoms with Gasteiger partial charge in [0.15, 0.2) is 0 Å². The summed E-state index contributed by atoms with van der Waals surface area (Å²) in [6, 6.07) is 9.00. The van der Waals surface area contributed by atoms with Crippen LogP contribution in [-0.4, -0.2) is 39.3 Å². The number of carbonyl (C=O) groups is 2. The minimum atomic E-state index is -0.925. The van der Waals surface area contributed by atoms with Crippen molar-refractivity contribution >= 4 is 27.8 Å². The maximum Gasteiger partial charge on any atom is 0.326 e. The quantitative estimate of drug-likeness (QED) is 0.843. The standard InChI is InChI=1S/C14H16BrNO3/c15-11-8-13(17)16(9-11)12(14(18)19)7-6-10-4-2-1-3-5-10/h1-5,11-12H,6-9H2,(H,18,19). The molecule has 1 fully saturated rings. The van der Waals surface area contributed by atoms with Gasteiger partial charge >= 0.3 is 5.97 Å². The molecule has 2 atom stereocenters. The molecule has 1 heterocycles. The third-order valence-corrected chi connectivity index (χ3v) is 3.94. The van der Waals surface area contributed by atoms with Gasteiger partial charge in [-0.3, -0.25) is 4.79 Å². The highest BCUT2D eigenvalue weighted by molar-refractivity contribution is 9.09. The molecule has 1 saturated heterocycles. The molecule has 2 rings (SSSR count). The molecule has 0 spiro atoms. The van der Waals surface area contributed by atoms with E-state index in [-0.39, 0.29) is 10.7 Å². The van der Waals surface area contributed by atoms with Gasteiger partial charge in [-0.2, -0.15) is 0 Å². The lowest BCUT2D eigenvalue weighted by atomic mass is 10.0. The number of benzene rings is 1. The van der Waals surface area contributed by atoms with Gasteiger partial charge in [-0.15, -0.1) is 0 Å². The van der Waals surface area contributed by atoms with E-state index in [1.54, 1.807) is 0 Å². The number of halogens is 1. The van der Waals surface area contributed by atoms with E-state index < -0.39 is 12.0 Å². The second-order valence-corrected chi connectivity index (χ2v) is 6.02. The Hall–Kier alpha value is -1.36. The van der Waals surface area contributed by atoms with Gasteiger partial charge in [0, 0.05) is 17.8 Å². The second kappa shape index (κ2) is 6.19. The fraction of sp³-hybridized carbons (Fsp3) is 0.429. The number of carbonyl (C=O) groups excluding carboxylic acids is 1. The summed E-state index contributed by atoms with van der Waals surface area (Å²) in [6.07, 6.45) is 1.49. The molecule has 1 N–H and O–H groups in total. The molecule has 0 saturated carbocycles. The Kier molecular flexibility index (Phi) is 4.58. The predicted octanol–water partition coefficient (Wildman–Crippen LogP) is 2.07. The van der Waals surface area contributed by atoms with Crippen LogP contribution in [0.2, 0.25) is 0 Å². The first kappa shape index (κ1) is 14.1. The molecule has 1 aliphatic heterocycles. The Morgan fingerprint density at radius 2 is 2.11 bits per heavy atom. The van der Waals surface area contributed by atoms with Gasteiger partial charge in [-0.25, -0.2) is 4.79 Å². The number of carboxylic acids is 1. The summed E-state index contributed by atoms with van der Waals surface area (Å²) in [7, 11) is 0. The lowest BCUT2D eigenvalue weighted by Crippen LogP contribution is -2.42. The molecule has 5 heteroatoms. The molecular weight excluding hydrogens is 310 g/mol. The number of likely N-dealkylation sites (tertiary alicyclic amines) is 1. The molecule has 4 nitrogen and oxygen atoms in total. The van der Waals surface area contributed by atoms with Crippen LogP contribution in [0.25, 0.3) is 0 Å². The van der Waals surface area contributed by atoms with Crippen molar-refractivity contribution in [3.05, 3.63) is 35.9 Å². The molecule has 0 radical (unpaired) electrons. The lowest BCUT2D eigenvalue weighted by molar-refractivity contribution is -0.148. The molecule has 2 unspecified atom stereocenters. The zero-order valence-electron chi connectivity index (χ0n) is 10.5. The Labute approximate surface area is 120 Å². The minimum absolute atomic E-state index is 0.0681. The SMILES string of the molecule is O=C(O)C(CCc1ccccc1)N1CC(Br)CC1=O. The molecular formula is C14H16BrNO3. The summed E-state index contributed by atoms with van der Waals surface area (Å²) in [4.78, 5) is 24.7. The Morgan fingerprint density at radius 3 is 2.63 bits per heavy atom. The fourth-order valence-electron chi connectivity index (χ4n) is 2.35. The van der Waals surface area contributed by atoms with Crippen LogP contribution >= 0.6 is 15.9 Å². The van der Waals surface area contributed by atoms with Crippen LogP contribution in [0.4, 0.5) is 0 Å². The average Bonchev–Trinajstić information content (AvgIpc) is 2.70. The average molecular weight is 326 g/mol. The van der Waals surface area contributed by atoms with Gasteiger partial charge in [-0.05, 0) is 18.4 Å². The van der Waals surface area contributed by atoms with Gasteiger partial charge < -0.3 is 10.0 Å². The Morgan fingerprint density at radius 1 is 1.42 bits per heavy atom. The number of carboxylic acid groups (broad SMARTS) is 1. The summed E-state index contributed by atoms with van der Waals surface area (Å²) in [5.41, 5.74) is 1.09. The van der Waals surface area contributed by atoms with Crippen LogP contribution in [0.3, 0.4) is 0 Å². The first-order valence-electron chi connectivity index (χ1n) is 6.28. The highest BCUT2D eigenvalue weighted by Gasteiger charge is 2.36. The van der Waals surface area contributed by atoms with E-state index in [2.05, 4.69) is 15.9 Å². The van der Waals surface area contributed by atoms with Crippen molar-refractivity contribution in [1.29, 1.82) is 0 Å². The van der Waals surface area contributed by atoms with Crippen molar-refractivity contribution in [3.63, 3.8) is 0 Å². The van der Waals surface area contributed by atoms with Crippen LogP contribution in [0, 0.1) is 0 Å². The maximum absolute atomic E-state index is 11.8. The van der Waals surface area contributed by atoms with Crippen molar-refractivity contribution < 1.29 is 14.7 Å². The monoisotopic (exact) mass is 325 g/mol. The smallest absolute Gasteiger partial charge is 0.326 e. The van der Waals surface area contributed by atoms with Crippen LogP contribution in [0.5, 0.6) is 0 Å². The summed E-state index contributed by atoms with van der Waals surface area (Å²) in [5.74, 6) is -1.01. The largest absolute Gasteiger partial charge is 0.480 e. The first-order chi connectivity index (χ1) is 9.08. The van der Waals surface area contributed by atoms with Crippen LogP contribution in [0.15, 0.2) is 30.3 Å². The zero-order valence-corrected chi connectivity index (χ0v) is 12.0. The zero-order chi connectivity index (χ0) is 13.8. The van der Waals surface area contributed by atoms with E-state index in [9.17, 15) is 14.7 Å². The van der Waals surface area contributed by atoms with Crippen LogP contribution in [-0.2, 0) is 16.0 Å². The number of aryl methyl sites for hydroxylation is 1. The highest BCUT2D eigenvalue weighted by Crippen LogP contribution is 2.22. The number of alkyl halides is 1. The van der Waals surface area contributed by atoms with Crippen molar-refractivity contribution in [1.82, 2.24) is 4.90 Å². The van der Waals surface area contributed by atoms with Crippen molar-refractivity contribution in [2.45, 2.75) is 30.1 Å². The van der Waals surface area contributed by atoms with Gasteiger partial charge in [-0.1, -0.05) is 46.3 Å². The Balaban J connectivity index is 2.01. The van der Waals surface area contributed by atoms with Crippen LogP contribution in [0.1, 0.15) is 18.4 Å². The maximum atomic E-state index is 11.8. The molecule has 19 heavy (non-hydrogen) atoms. The molecule has 0 aromatic heterocycles. The third-order valence-electron chi connectivity index (χ3n) is 3.32. The molecule has 1 amide bonds. The number of hydrogen-bond donors (Lipinski definition) is 1. The minimum Gasteiger partial charge on any atom is -0.480 e. The molecule has 1 aliphatic rings. The van der Waals surface area contributed by atoms with E-state index in [1.807, 2.05) is 30.3 Å². The van der Waals surface area contributed by atoms with E-state index in [0.717, 1.165) is 5.56 Å². The number of hydrogen-bond acceptors (Lipinski definition) is 2. The van der Waals surface area contributed by atoms with Crippen LogP contribution < -0.4 is 0 Å². The number of amides is 1. The summed E-state index contributed by atoms with van der Waals surface area (Å²) < 4.78 is 0. The van der Waals surface area contributed by atoms with Gasteiger partial charge in [0.2, 0.25) is 5.91 Å². The molecule has 1 aromatic carbocycles. The first-order valence-corrected chi connectivity index (χ1v) is 7.19. The topological polar surface area (TPSA) is 57.6 Å². The summed E-state index contributed by atoms with van der Waals surface area (Å²) in [6.45, 7) is 0.477. The molecule has 0 bridgehead atoms. The molecule has 0 aliphatic carbocycles.